The average molecular weight is 234 g/mol. The van der Waals surface area contributed by atoms with Gasteiger partial charge in [-0.1, -0.05) is 6.42 Å². The van der Waals surface area contributed by atoms with E-state index in [1.807, 2.05) is 17.6 Å². The molecule has 0 aliphatic carbocycles. The molecule has 0 N–H and O–H groups in total. The van der Waals surface area contributed by atoms with Gasteiger partial charge in [0.15, 0.2) is 0 Å². The molecule has 0 saturated carbocycles. The van der Waals surface area contributed by atoms with Crippen molar-refractivity contribution in [3.8, 4) is 0 Å². The second-order valence-electron chi connectivity index (χ2n) is 4.37. The lowest BCUT2D eigenvalue weighted by atomic mass is 10.2. The first-order chi connectivity index (χ1) is 7.75. The highest BCUT2D eigenvalue weighted by molar-refractivity contribution is 7.18. The molecule has 0 atom stereocenters. The van der Waals surface area contributed by atoms with E-state index in [4.69, 9.17) is 0 Å². The van der Waals surface area contributed by atoms with Crippen molar-refractivity contribution >= 4 is 21.6 Å². The average Bonchev–Trinajstić information content (AvgIpc) is 2.48. The molecule has 16 heavy (non-hydrogen) atoms. The Morgan fingerprint density at radius 3 is 3.12 bits per heavy atom. The smallest absolute Gasteiger partial charge is 0.271 e. The molecule has 4 heteroatoms. The molecule has 0 amide bonds. The highest BCUT2D eigenvalue weighted by atomic mass is 32.1. The summed E-state index contributed by atoms with van der Waals surface area (Å²) in [6, 6.07) is 2.02. The highest BCUT2D eigenvalue weighted by Crippen LogP contribution is 2.22. The van der Waals surface area contributed by atoms with E-state index in [1.54, 1.807) is 11.3 Å². The molecule has 2 aromatic rings. The summed E-state index contributed by atoms with van der Waals surface area (Å²) in [5.74, 6) is 0.979. The van der Waals surface area contributed by atoms with Crippen molar-refractivity contribution in [3.63, 3.8) is 0 Å². The van der Waals surface area contributed by atoms with Gasteiger partial charge in [0.25, 0.3) is 5.56 Å². The highest BCUT2D eigenvalue weighted by Gasteiger charge is 2.14. The molecule has 1 aliphatic heterocycles. The van der Waals surface area contributed by atoms with E-state index in [-0.39, 0.29) is 5.56 Å². The van der Waals surface area contributed by atoms with Gasteiger partial charge in [-0.15, -0.1) is 11.3 Å². The summed E-state index contributed by atoms with van der Waals surface area (Å²) in [4.78, 5) is 18.1. The van der Waals surface area contributed by atoms with E-state index in [0.29, 0.717) is 0 Å². The Hall–Kier alpha value is -1.16. The Morgan fingerprint density at radius 1 is 1.38 bits per heavy atom. The lowest BCUT2D eigenvalue weighted by Crippen LogP contribution is -2.23. The fourth-order valence-corrected chi connectivity index (χ4v) is 3.23. The third-order valence-electron chi connectivity index (χ3n) is 3.12. The SMILES string of the molecule is Cc1cc2nc3n(c(=O)c2s1)CCCCC3. The second-order valence-corrected chi connectivity index (χ2v) is 5.62. The minimum absolute atomic E-state index is 0.167. The number of aromatic nitrogens is 2. The van der Waals surface area contributed by atoms with Gasteiger partial charge in [0.1, 0.15) is 10.5 Å². The van der Waals surface area contributed by atoms with Gasteiger partial charge in [0, 0.05) is 17.8 Å². The summed E-state index contributed by atoms with van der Waals surface area (Å²) >= 11 is 1.56. The van der Waals surface area contributed by atoms with Crippen LogP contribution in [0.15, 0.2) is 10.9 Å². The fraction of sp³-hybridized carbons (Fsp3) is 0.500. The molecule has 3 rings (SSSR count). The van der Waals surface area contributed by atoms with Crippen molar-refractivity contribution in [2.75, 3.05) is 0 Å². The van der Waals surface area contributed by atoms with E-state index in [0.717, 1.165) is 41.8 Å². The quantitative estimate of drug-likeness (QED) is 0.702. The van der Waals surface area contributed by atoms with Gasteiger partial charge in [-0.2, -0.15) is 0 Å². The van der Waals surface area contributed by atoms with E-state index < -0.39 is 0 Å². The maximum atomic E-state index is 12.3. The number of aryl methyl sites for hydroxylation is 2. The van der Waals surface area contributed by atoms with Gasteiger partial charge in [-0.05, 0) is 25.8 Å². The van der Waals surface area contributed by atoms with Crippen molar-refractivity contribution in [2.45, 2.75) is 39.2 Å². The van der Waals surface area contributed by atoms with Crippen molar-refractivity contribution in [2.24, 2.45) is 0 Å². The zero-order valence-corrected chi connectivity index (χ0v) is 10.1. The Morgan fingerprint density at radius 2 is 2.25 bits per heavy atom. The van der Waals surface area contributed by atoms with Gasteiger partial charge < -0.3 is 0 Å². The molecule has 0 spiro atoms. The fourth-order valence-electron chi connectivity index (χ4n) is 2.33. The molecular formula is C12H14N2OS. The molecule has 3 heterocycles. The van der Waals surface area contributed by atoms with Crippen LogP contribution in [0.4, 0.5) is 0 Å². The normalized spacial score (nSPS) is 16.1. The maximum Gasteiger partial charge on any atom is 0.271 e. The first-order valence-electron chi connectivity index (χ1n) is 5.75. The van der Waals surface area contributed by atoms with Crippen LogP contribution in [0.2, 0.25) is 0 Å². The molecule has 84 valence electrons. The molecule has 0 fully saturated rings. The first-order valence-corrected chi connectivity index (χ1v) is 6.57. The Labute approximate surface area is 97.7 Å². The van der Waals surface area contributed by atoms with E-state index in [2.05, 4.69) is 4.98 Å². The summed E-state index contributed by atoms with van der Waals surface area (Å²) in [6.45, 7) is 2.87. The molecule has 3 nitrogen and oxygen atoms in total. The Bertz CT molecular complexity index is 597. The first kappa shape index (κ1) is 10.0. The molecule has 0 bridgehead atoms. The van der Waals surface area contributed by atoms with Crippen LogP contribution in [0.3, 0.4) is 0 Å². The standard InChI is InChI=1S/C12H14N2OS/c1-8-7-9-11(16-8)12(15)14-6-4-2-3-5-10(14)13-9/h7H,2-6H2,1H3. The van der Waals surface area contributed by atoms with Gasteiger partial charge in [-0.3, -0.25) is 9.36 Å². The van der Waals surface area contributed by atoms with E-state index in [1.165, 1.54) is 11.3 Å². The number of hydrogen-bond acceptors (Lipinski definition) is 3. The van der Waals surface area contributed by atoms with Crippen LogP contribution in [0, 0.1) is 6.92 Å². The molecule has 0 radical (unpaired) electrons. The van der Waals surface area contributed by atoms with Crippen molar-refractivity contribution < 1.29 is 0 Å². The van der Waals surface area contributed by atoms with E-state index >= 15 is 0 Å². The third kappa shape index (κ3) is 1.48. The summed E-state index contributed by atoms with van der Waals surface area (Å²) in [5, 5.41) is 0. The van der Waals surface area contributed by atoms with Crippen LogP contribution in [0.5, 0.6) is 0 Å². The number of thiophene rings is 1. The topological polar surface area (TPSA) is 34.9 Å². The van der Waals surface area contributed by atoms with Crippen LogP contribution >= 0.6 is 11.3 Å². The van der Waals surface area contributed by atoms with Crippen molar-refractivity contribution in [1.29, 1.82) is 0 Å². The van der Waals surface area contributed by atoms with Crippen LogP contribution in [0.25, 0.3) is 10.2 Å². The molecular weight excluding hydrogens is 220 g/mol. The van der Waals surface area contributed by atoms with Gasteiger partial charge in [0.05, 0.1) is 5.52 Å². The molecule has 1 aliphatic rings. The molecule has 0 saturated heterocycles. The zero-order valence-electron chi connectivity index (χ0n) is 9.32. The Balaban J connectivity index is 2.33. The van der Waals surface area contributed by atoms with Crippen molar-refractivity contribution in [1.82, 2.24) is 9.55 Å². The predicted octanol–water partition coefficient (Wildman–Crippen LogP) is 2.49. The van der Waals surface area contributed by atoms with Gasteiger partial charge in [0.2, 0.25) is 0 Å². The summed E-state index contributed by atoms with van der Waals surface area (Å²) < 4.78 is 2.70. The minimum atomic E-state index is 0.167. The lowest BCUT2D eigenvalue weighted by molar-refractivity contribution is 0.614. The molecule has 2 aromatic heterocycles. The summed E-state index contributed by atoms with van der Waals surface area (Å²) in [7, 11) is 0. The van der Waals surface area contributed by atoms with Crippen molar-refractivity contribution in [3.05, 3.63) is 27.1 Å². The predicted molar refractivity (Wildman–Crippen MR) is 66.2 cm³/mol. The molecule has 0 unspecified atom stereocenters. The van der Waals surface area contributed by atoms with Crippen LogP contribution in [0.1, 0.15) is 30.0 Å². The number of hydrogen-bond donors (Lipinski definition) is 0. The van der Waals surface area contributed by atoms with Crippen LogP contribution in [-0.2, 0) is 13.0 Å². The number of fused-ring (bicyclic) bond motifs is 2. The maximum absolute atomic E-state index is 12.3. The number of nitrogens with zero attached hydrogens (tertiary/aromatic N) is 2. The van der Waals surface area contributed by atoms with Crippen LogP contribution < -0.4 is 5.56 Å². The second kappa shape index (κ2) is 3.70. The number of rotatable bonds is 0. The Kier molecular flexibility index (Phi) is 2.32. The molecule has 0 aromatic carbocycles. The van der Waals surface area contributed by atoms with Gasteiger partial charge >= 0.3 is 0 Å². The minimum Gasteiger partial charge on any atom is -0.295 e. The monoisotopic (exact) mass is 234 g/mol. The summed E-state index contributed by atoms with van der Waals surface area (Å²) in [6.07, 6.45) is 4.40. The third-order valence-corrected chi connectivity index (χ3v) is 4.15. The lowest BCUT2D eigenvalue weighted by Gasteiger charge is -2.07. The summed E-state index contributed by atoms with van der Waals surface area (Å²) in [5.41, 5.74) is 1.06. The largest absolute Gasteiger partial charge is 0.295 e. The zero-order chi connectivity index (χ0) is 11.1. The van der Waals surface area contributed by atoms with E-state index in [9.17, 15) is 4.79 Å². The van der Waals surface area contributed by atoms with Gasteiger partial charge in [-0.25, -0.2) is 4.98 Å². The van der Waals surface area contributed by atoms with Crippen LogP contribution in [-0.4, -0.2) is 9.55 Å².